The van der Waals surface area contributed by atoms with Crippen LogP contribution in [0.5, 0.6) is 5.88 Å². The van der Waals surface area contributed by atoms with Crippen molar-refractivity contribution in [1.29, 1.82) is 0 Å². The number of alkyl halides is 3. The second kappa shape index (κ2) is 4.95. The van der Waals surface area contributed by atoms with Gasteiger partial charge in [-0.1, -0.05) is 0 Å². The molecule has 0 atom stereocenters. The summed E-state index contributed by atoms with van der Waals surface area (Å²) in [6.45, 7) is 0. The zero-order valence-electron chi connectivity index (χ0n) is 10.5. The number of hydrogen-bond acceptors (Lipinski definition) is 5. The Morgan fingerprint density at radius 2 is 1.90 bits per heavy atom. The predicted octanol–water partition coefficient (Wildman–Crippen LogP) is 2.44. The Bertz CT molecular complexity index is 671. The molecule has 0 spiro atoms. The van der Waals surface area contributed by atoms with Gasteiger partial charge < -0.3 is 9.47 Å². The topological polar surface area (TPSA) is 61.3 Å². The summed E-state index contributed by atoms with van der Waals surface area (Å²) in [7, 11) is 2.42. The van der Waals surface area contributed by atoms with Gasteiger partial charge in [-0.3, -0.25) is 0 Å². The minimum absolute atomic E-state index is 0.0176. The van der Waals surface area contributed by atoms with Crippen molar-refractivity contribution in [1.82, 2.24) is 9.97 Å². The second-order valence-corrected chi connectivity index (χ2v) is 3.78. The largest absolute Gasteiger partial charge is 0.480 e. The Balaban J connectivity index is 2.65. The summed E-state index contributed by atoms with van der Waals surface area (Å²) in [6.07, 6.45) is -4.57. The van der Waals surface area contributed by atoms with Crippen molar-refractivity contribution in [2.45, 2.75) is 6.18 Å². The molecule has 2 aromatic heterocycles. The lowest BCUT2D eigenvalue weighted by Gasteiger charge is -2.09. The number of rotatable bonds is 2. The molecule has 0 radical (unpaired) electrons. The number of aromatic nitrogens is 2. The van der Waals surface area contributed by atoms with Crippen molar-refractivity contribution in [2.24, 2.45) is 0 Å². The number of methoxy groups -OCH3 is 2. The Hall–Kier alpha value is -2.38. The normalized spacial score (nSPS) is 11.4. The summed E-state index contributed by atoms with van der Waals surface area (Å²) in [4.78, 5) is 18.7. The molecule has 0 aliphatic heterocycles. The zero-order chi connectivity index (χ0) is 14.9. The van der Waals surface area contributed by atoms with Crippen LogP contribution < -0.4 is 4.74 Å². The number of hydrogen-bond donors (Lipinski definition) is 0. The van der Waals surface area contributed by atoms with Crippen molar-refractivity contribution in [2.75, 3.05) is 14.2 Å². The van der Waals surface area contributed by atoms with Crippen LogP contribution in [0.2, 0.25) is 0 Å². The van der Waals surface area contributed by atoms with Crippen LogP contribution in [0.25, 0.3) is 11.0 Å². The van der Waals surface area contributed by atoms with Gasteiger partial charge in [0.1, 0.15) is 11.3 Å². The number of ether oxygens (including phenoxy) is 2. The average molecular weight is 286 g/mol. The summed E-state index contributed by atoms with van der Waals surface area (Å²) in [5.41, 5.74) is -1.21. The summed E-state index contributed by atoms with van der Waals surface area (Å²) >= 11 is 0. The molecule has 0 aliphatic carbocycles. The molecule has 20 heavy (non-hydrogen) atoms. The van der Waals surface area contributed by atoms with Gasteiger partial charge in [-0.25, -0.2) is 9.78 Å². The third kappa shape index (κ3) is 2.49. The minimum atomic E-state index is -4.57. The van der Waals surface area contributed by atoms with Crippen molar-refractivity contribution in [3.8, 4) is 5.88 Å². The van der Waals surface area contributed by atoms with E-state index in [1.807, 2.05) is 0 Å². The molecule has 0 fully saturated rings. The van der Waals surface area contributed by atoms with Gasteiger partial charge in [-0.15, -0.1) is 0 Å². The molecule has 0 aliphatic rings. The molecule has 0 N–H and O–H groups in total. The first-order valence-corrected chi connectivity index (χ1v) is 5.38. The van der Waals surface area contributed by atoms with E-state index in [4.69, 9.17) is 4.74 Å². The molecule has 0 aromatic carbocycles. The highest BCUT2D eigenvalue weighted by atomic mass is 19.4. The fourth-order valence-corrected chi connectivity index (χ4v) is 1.60. The molecule has 106 valence electrons. The van der Waals surface area contributed by atoms with Crippen LogP contribution in [-0.2, 0) is 10.9 Å². The molecule has 0 saturated heterocycles. The van der Waals surface area contributed by atoms with Crippen molar-refractivity contribution < 1.29 is 27.4 Å². The first kappa shape index (κ1) is 14.0. The van der Waals surface area contributed by atoms with Crippen LogP contribution in [0.1, 0.15) is 16.1 Å². The van der Waals surface area contributed by atoms with E-state index in [9.17, 15) is 18.0 Å². The summed E-state index contributed by atoms with van der Waals surface area (Å²) in [6, 6.07) is 3.32. The van der Waals surface area contributed by atoms with Crippen LogP contribution >= 0.6 is 0 Å². The van der Waals surface area contributed by atoms with Gasteiger partial charge in [0, 0.05) is 5.39 Å². The number of carbonyl (C=O) groups excluding carboxylic acids is 1. The number of esters is 1. The van der Waals surface area contributed by atoms with E-state index >= 15 is 0 Å². The van der Waals surface area contributed by atoms with Crippen LogP contribution in [-0.4, -0.2) is 30.2 Å². The smallest absolute Gasteiger partial charge is 0.433 e. The molecule has 0 amide bonds. The van der Waals surface area contributed by atoms with Gasteiger partial charge in [-0.2, -0.15) is 18.2 Å². The number of nitrogens with zero attached hydrogens (tertiary/aromatic N) is 2. The Labute approximate surface area is 111 Å². The van der Waals surface area contributed by atoms with Gasteiger partial charge in [-0.05, 0) is 18.2 Å². The highest BCUT2D eigenvalue weighted by Crippen LogP contribution is 2.30. The molecular formula is C12H9F3N2O3. The highest BCUT2D eigenvalue weighted by Gasteiger charge is 2.32. The SMILES string of the molecule is COC(=O)c1cc2ccc(C(F)(F)F)nc2nc1OC. The molecule has 2 rings (SSSR count). The third-order valence-corrected chi connectivity index (χ3v) is 2.53. The quantitative estimate of drug-likeness (QED) is 0.793. The van der Waals surface area contributed by atoms with Gasteiger partial charge in [0.25, 0.3) is 0 Å². The minimum Gasteiger partial charge on any atom is -0.480 e. The predicted molar refractivity (Wildman–Crippen MR) is 62.4 cm³/mol. The lowest BCUT2D eigenvalue weighted by Crippen LogP contribution is -2.10. The lowest BCUT2D eigenvalue weighted by molar-refractivity contribution is -0.141. The summed E-state index contributed by atoms with van der Waals surface area (Å²) < 4.78 is 47.1. The molecule has 5 nitrogen and oxygen atoms in total. The van der Waals surface area contributed by atoms with E-state index in [1.54, 1.807) is 0 Å². The van der Waals surface area contributed by atoms with E-state index in [2.05, 4.69) is 14.7 Å². The van der Waals surface area contributed by atoms with E-state index in [0.29, 0.717) is 0 Å². The van der Waals surface area contributed by atoms with Crippen molar-refractivity contribution >= 4 is 17.0 Å². The van der Waals surface area contributed by atoms with E-state index in [1.165, 1.54) is 26.4 Å². The Morgan fingerprint density at radius 1 is 1.20 bits per heavy atom. The summed E-state index contributed by atoms with van der Waals surface area (Å²) in [5.74, 6) is -0.840. The first-order chi connectivity index (χ1) is 9.36. The number of pyridine rings is 2. The van der Waals surface area contributed by atoms with Gasteiger partial charge in [0.15, 0.2) is 5.65 Å². The van der Waals surface area contributed by atoms with Crippen molar-refractivity contribution in [3.63, 3.8) is 0 Å². The maximum atomic E-state index is 12.6. The number of carbonyl (C=O) groups is 1. The first-order valence-electron chi connectivity index (χ1n) is 5.38. The van der Waals surface area contributed by atoms with Crippen LogP contribution in [0.15, 0.2) is 18.2 Å². The van der Waals surface area contributed by atoms with E-state index in [-0.39, 0.29) is 22.5 Å². The molecule has 0 bridgehead atoms. The standard InChI is InChI=1S/C12H9F3N2O3/c1-19-10-7(11(18)20-2)5-6-3-4-8(12(13,14)15)16-9(6)17-10/h3-5H,1-2H3. The molecular weight excluding hydrogens is 277 g/mol. The Kier molecular flexibility index (Phi) is 3.47. The maximum Gasteiger partial charge on any atom is 0.433 e. The van der Waals surface area contributed by atoms with Crippen LogP contribution in [0.3, 0.4) is 0 Å². The van der Waals surface area contributed by atoms with Gasteiger partial charge in [0.2, 0.25) is 5.88 Å². The lowest BCUT2D eigenvalue weighted by atomic mass is 10.2. The van der Waals surface area contributed by atoms with Crippen LogP contribution in [0.4, 0.5) is 13.2 Å². The van der Waals surface area contributed by atoms with E-state index < -0.39 is 17.8 Å². The van der Waals surface area contributed by atoms with Gasteiger partial charge in [0.05, 0.1) is 14.2 Å². The van der Waals surface area contributed by atoms with Gasteiger partial charge >= 0.3 is 12.1 Å². The third-order valence-electron chi connectivity index (χ3n) is 2.53. The fraction of sp³-hybridized carbons (Fsp3) is 0.250. The summed E-state index contributed by atoms with van der Waals surface area (Å²) in [5, 5.41) is 0.277. The average Bonchev–Trinajstić information content (AvgIpc) is 2.43. The Morgan fingerprint density at radius 3 is 2.45 bits per heavy atom. The monoisotopic (exact) mass is 286 g/mol. The number of halogens is 3. The fourth-order valence-electron chi connectivity index (χ4n) is 1.60. The highest BCUT2D eigenvalue weighted by molar-refractivity contribution is 5.95. The van der Waals surface area contributed by atoms with Crippen molar-refractivity contribution in [3.05, 3.63) is 29.5 Å². The molecule has 2 aromatic rings. The molecule has 0 saturated carbocycles. The molecule has 0 unspecified atom stereocenters. The zero-order valence-corrected chi connectivity index (χ0v) is 10.5. The maximum absolute atomic E-state index is 12.6. The van der Waals surface area contributed by atoms with Crippen LogP contribution in [0, 0.1) is 0 Å². The number of fused-ring (bicyclic) bond motifs is 1. The molecule has 2 heterocycles. The van der Waals surface area contributed by atoms with E-state index in [0.717, 1.165) is 6.07 Å². The molecule has 8 heteroatoms. The second-order valence-electron chi connectivity index (χ2n) is 3.78.